The van der Waals surface area contributed by atoms with Gasteiger partial charge in [-0.1, -0.05) is 105 Å². The summed E-state index contributed by atoms with van der Waals surface area (Å²) >= 11 is 0. The molecular weight excluding hydrogens is 1170 g/mol. The number of methoxy groups -OCH3 is 1. The highest BCUT2D eigenvalue weighted by molar-refractivity contribution is 5.96. The number of carbonyl (C=O) groups excluding carboxylic acids is 3. The molecule has 1 aromatic carbocycles. The van der Waals surface area contributed by atoms with E-state index in [9.17, 15) is 29.7 Å². The zero-order valence-corrected chi connectivity index (χ0v) is 59.6. The quantitative estimate of drug-likeness (QED) is 0.0430. The van der Waals surface area contributed by atoms with Crippen LogP contribution >= 0.6 is 0 Å². The molecule has 93 heavy (non-hydrogen) atoms. The van der Waals surface area contributed by atoms with E-state index in [0.717, 1.165) is 82.1 Å². The van der Waals surface area contributed by atoms with Crippen molar-refractivity contribution in [2.45, 2.75) is 264 Å². The Bertz CT molecular complexity index is 2410. The molecule has 0 radical (unpaired) electrons. The van der Waals surface area contributed by atoms with E-state index in [4.69, 9.17) is 37.9 Å². The summed E-state index contributed by atoms with van der Waals surface area (Å²) in [6, 6.07) is 5.73. The van der Waals surface area contributed by atoms with Gasteiger partial charge in [0.25, 0.3) is 0 Å². The molecule has 0 spiro atoms. The Kier molecular flexibility index (Phi) is 29.1. The third kappa shape index (κ3) is 20.0. The second-order valence-corrected chi connectivity index (χ2v) is 32.5. The van der Waals surface area contributed by atoms with Crippen LogP contribution in [0.1, 0.15) is 238 Å². The number of rotatable bonds is 35. The lowest BCUT2D eigenvalue weighted by atomic mass is 9.56. The first-order valence-corrected chi connectivity index (χ1v) is 38.3. The number of hydrogen-bond acceptors (Lipinski definition) is 14. The van der Waals surface area contributed by atoms with Gasteiger partial charge >= 0.3 is 0 Å². The summed E-state index contributed by atoms with van der Waals surface area (Å²) in [6.45, 7) is 23.0. The van der Waals surface area contributed by atoms with Crippen molar-refractivity contribution in [1.29, 1.82) is 0 Å². The minimum Gasteiger partial charge on any atom is -0.496 e. The maximum Gasteiger partial charge on any atom is 0.163 e. The highest BCUT2D eigenvalue weighted by Gasteiger charge is 2.66. The smallest absolute Gasteiger partial charge is 0.163 e. The molecule has 1 heterocycles. The molecule has 7 saturated carbocycles. The Hall–Kier alpha value is -2.37. The van der Waals surface area contributed by atoms with Crippen LogP contribution in [0.25, 0.3) is 0 Å². The van der Waals surface area contributed by atoms with Crippen LogP contribution in [0, 0.1) is 101 Å². The molecule has 3 N–H and O–H groups in total. The molecule has 1 aromatic rings. The lowest BCUT2D eigenvalue weighted by Gasteiger charge is -2.56. The molecule has 7 aliphatic carbocycles. The second-order valence-electron chi connectivity index (χ2n) is 32.5. The van der Waals surface area contributed by atoms with Gasteiger partial charge in [0.05, 0.1) is 109 Å². The van der Waals surface area contributed by atoms with E-state index in [0.29, 0.717) is 194 Å². The number of Topliss-reactive ketones (excluding diaryl/α,β-unsaturated/α-hetero) is 3. The predicted molar refractivity (Wildman–Crippen MR) is 364 cm³/mol. The summed E-state index contributed by atoms with van der Waals surface area (Å²) in [4.78, 5) is 40.9. The molecule has 9 rings (SSSR count). The SMILES string of the molecule is CCC(C1CCCCC1)C1CC(C2CCC(OCCOCCOCCOCCOCCOCCCC(=O)c3ccc(CC4OC5C(O)CCCC5C5C4CC(CC(C)(C)O)[C@]5(O)C4CCC(C)CC4C)c(OC)c3)CC2)CC(C(=O)CCC2C(=O)CC(C)CC2C)C1C. The van der Waals surface area contributed by atoms with Gasteiger partial charge in [0.15, 0.2) is 5.78 Å². The van der Waals surface area contributed by atoms with Crippen LogP contribution in [0.4, 0.5) is 0 Å². The van der Waals surface area contributed by atoms with E-state index in [1.54, 1.807) is 7.11 Å². The molecule has 1 aliphatic heterocycles. The van der Waals surface area contributed by atoms with E-state index in [1.165, 1.54) is 57.8 Å². The monoisotopic (exact) mass is 1300 g/mol. The van der Waals surface area contributed by atoms with E-state index in [1.807, 2.05) is 32.0 Å². The molecule has 1 saturated heterocycles. The summed E-state index contributed by atoms with van der Waals surface area (Å²) in [6.07, 6.45) is 25.6. The Balaban J connectivity index is 0.602. The molecule has 14 nitrogen and oxygen atoms in total. The normalized spacial score (nSPS) is 36.5. The fourth-order valence-corrected chi connectivity index (χ4v) is 21.1. The molecule has 0 aromatic heterocycles. The summed E-state index contributed by atoms with van der Waals surface area (Å²) in [5.41, 5.74) is -0.347. The van der Waals surface area contributed by atoms with Crippen LogP contribution in [-0.4, -0.2) is 148 Å². The summed E-state index contributed by atoms with van der Waals surface area (Å²) in [5, 5.41) is 36.3. The van der Waals surface area contributed by atoms with Gasteiger partial charge < -0.3 is 53.2 Å². The Labute approximate surface area is 562 Å². The third-order valence-electron chi connectivity index (χ3n) is 25.5. The number of benzene rings is 1. The molecule has 14 heteroatoms. The maximum absolute atomic E-state index is 14.4. The maximum atomic E-state index is 14.4. The van der Waals surface area contributed by atoms with E-state index >= 15 is 0 Å². The average molecular weight is 1300 g/mol. The van der Waals surface area contributed by atoms with Gasteiger partial charge in [-0.2, -0.15) is 0 Å². The average Bonchev–Trinajstić information content (AvgIpc) is 1.58. The molecule has 530 valence electrons. The van der Waals surface area contributed by atoms with Crippen LogP contribution in [-0.2, 0) is 49.2 Å². The summed E-state index contributed by atoms with van der Waals surface area (Å²) < 4.78 is 48.2. The number of aliphatic hydroxyl groups is 3. The van der Waals surface area contributed by atoms with Gasteiger partial charge in [0.2, 0.25) is 0 Å². The molecule has 18 unspecified atom stereocenters. The lowest BCUT2D eigenvalue weighted by molar-refractivity contribution is -0.231. The molecule has 8 fully saturated rings. The van der Waals surface area contributed by atoms with Gasteiger partial charge in [0.1, 0.15) is 17.3 Å². The number of ether oxygens (including phenoxy) is 8. The molecule has 0 bridgehead atoms. The Morgan fingerprint density at radius 3 is 1.99 bits per heavy atom. The van der Waals surface area contributed by atoms with E-state index in [-0.39, 0.29) is 65.5 Å². The number of fused-ring (bicyclic) bond motifs is 3. The van der Waals surface area contributed by atoms with Crippen molar-refractivity contribution in [2.75, 3.05) is 79.8 Å². The molecule has 0 amide bonds. The van der Waals surface area contributed by atoms with Gasteiger partial charge in [-0.3, -0.25) is 14.4 Å². The van der Waals surface area contributed by atoms with Gasteiger partial charge in [-0.25, -0.2) is 0 Å². The van der Waals surface area contributed by atoms with Crippen molar-refractivity contribution in [1.82, 2.24) is 0 Å². The van der Waals surface area contributed by atoms with Crippen LogP contribution in [0.5, 0.6) is 5.75 Å². The molecule has 8 aliphatic rings. The van der Waals surface area contributed by atoms with Gasteiger partial charge in [-0.15, -0.1) is 0 Å². The van der Waals surface area contributed by atoms with Gasteiger partial charge in [0, 0.05) is 49.7 Å². The zero-order chi connectivity index (χ0) is 66.2. The predicted octanol–water partition coefficient (Wildman–Crippen LogP) is 14.5. The van der Waals surface area contributed by atoms with Crippen LogP contribution < -0.4 is 4.74 Å². The topological polar surface area (TPSA) is 186 Å². The fraction of sp³-hybridized carbons (Fsp3) is 0.886. The highest BCUT2D eigenvalue weighted by atomic mass is 16.6. The standard InChI is InChI=1S/C79H130O14/c1-10-63(57-16-12-11-13-17-57)66-45-60(46-67(55(66)6)71(81)30-28-64-53(4)43-52(3)44-73(64)83)56-24-26-62(27-25-56)92-41-40-91-39-38-90-37-36-89-35-34-88-33-32-87-31-15-20-70(80)58-22-23-59(74(47-58)86-9)48-75-68-49-61(50-78(7,8)84)79(85,69-29-21-51(2)42-54(69)5)76(68)65-18-14-19-72(82)77(65)93-75/h22-23,47,51-57,60-69,72,75-77,82,84-85H,10-21,24-46,48-50H2,1-9H3/t51?,52?,53?,54?,55?,56?,60?,61?,62?,63?,64?,65?,66?,67?,68?,69?,72?,75?,76?,77?,79-/m0/s1. The minimum atomic E-state index is -0.962. The largest absolute Gasteiger partial charge is 0.496 e. The Morgan fingerprint density at radius 2 is 1.35 bits per heavy atom. The van der Waals surface area contributed by atoms with E-state index < -0.39 is 17.3 Å². The third-order valence-corrected chi connectivity index (χ3v) is 25.5. The first-order chi connectivity index (χ1) is 44.8. The highest BCUT2D eigenvalue weighted by Crippen LogP contribution is 2.63. The van der Waals surface area contributed by atoms with Crippen molar-refractivity contribution < 1.29 is 67.6 Å². The lowest BCUT2D eigenvalue weighted by Crippen LogP contribution is -2.61. The van der Waals surface area contributed by atoms with Crippen molar-refractivity contribution in [3.8, 4) is 5.75 Å². The second kappa shape index (κ2) is 36.1. The molecular formula is C79H130O14. The minimum absolute atomic E-state index is 0.0271. The number of carbonyl (C=O) groups is 3. The number of hydrogen-bond donors (Lipinski definition) is 3. The van der Waals surface area contributed by atoms with Crippen LogP contribution in [0.15, 0.2) is 18.2 Å². The van der Waals surface area contributed by atoms with Gasteiger partial charge in [-0.05, 0) is 211 Å². The van der Waals surface area contributed by atoms with Crippen molar-refractivity contribution in [3.05, 3.63) is 29.3 Å². The van der Waals surface area contributed by atoms with Crippen LogP contribution in [0.2, 0.25) is 0 Å². The summed E-state index contributed by atoms with van der Waals surface area (Å²) in [7, 11) is 1.64. The fourth-order valence-electron chi connectivity index (χ4n) is 21.1. The van der Waals surface area contributed by atoms with E-state index in [2.05, 4.69) is 41.5 Å². The first kappa shape index (κ1) is 74.8. The number of aliphatic hydroxyl groups excluding tert-OH is 1. The van der Waals surface area contributed by atoms with Crippen molar-refractivity contribution in [2.24, 2.45) is 101 Å². The van der Waals surface area contributed by atoms with Crippen LogP contribution in [0.3, 0.4) is 0 Å². The number of ketones is 3. The zero-order valence-electron chi connectivity index (χ0n) is 59.6. The van der Waals surface area contributed by atoms with Crippen molar-refractivity contribution in [3.63, 3.8) is 0 Å². The Morgan fingerprint density at radius 1 is 0.699 bits per heavy atom. The molecule has 19 atom stereocenters. The van der Waals surface area contributed by atoms with Crippen molar-refractivity contribution >= 4 is 17.3 Å². The summed E-state index contributed by atoms with van der Waals surface area (Å²) in [5.74, 6) is 7.50. The first-order valence-electron chi connectivity index (χ1n) is 38.3.